The van der Waals surface area contributed by atoms with Crippen LogP contribution < -0.4 is 16.6 Å². The van der Waals surface area contributed by atoms with Crippen LogP contribution in [0.5, 0.6) is 0 Å². The minimum absolute atomic E-state index is 0.220. The van der Waals surface area contributed by atoms with Crippen LogP contribution in [0.2, 0.25) is 0 Å². The molecule has 0 amide bonds. The van der Waals surface area contributed by atoms with E-state index in [4.69, 9.17) is 5.73 Å². The maximum atomic E-state index is 11.4. The normalized spacial score (nSPS) is 11.0. The number of anilines is 1. The molecule has 2 aromatic rings. The zero-order chi connectivity index (χ0) is 15.4. The van der Waals surface area contributed by atoms with E-state index < -0.39 is 0 Å². The first-order valence-corrected chi connectivity index (χ1v) is 8.11. The maximum absolute atomic E-state index is 11.4. The van der Waals surface area contributed by atoms with Crippen LogP contribution in [0, 0.1) is 0 Å². The largest absolute Gasteiger partial charge is 0.383 e. The highest BCUT2D eigenvalue weighted by Gasteiger charge is 2.06. The third-order valence-corrected chi connectivity index (χ3v) is 4.29. The van der Waals surface area contributed by atoms with Gasteiger partial charge in [0.1, 0.15) is 5.82 Å². The first-order valence-electron chi connectivity index (χ1n) is 6.50. The molecule has 0 aliphatic carbocycles. The SMILES string of the molecule is CC(C)NCc1ccc(Sc2nc(N)cc(=O)[nH]2)cc1Br. The van der Waals surface area contributed by atoms with Crippen molar-refractivity contribution in [2.24, 2.45) is 0 Å². The second kappa shape index (κ2) is 7.11. The van der Waals surface area contributed by atoms with Gasteiger partial charge in [-0.25, -0.2) is 4.98 Å². The molecule has 112 valence electrons. The number of nitrogen functional groups attached to an aromatic ring is 1. The molecule has 5 nitrogen and oxygen atoms in total. The van der Waals surface area contributed by atoms with E-state index in [1.54, 1.807) is 0 Å². The fraction of sp³-hybridized carbons (Fsp3) is 0.286. The summed E-state index contributed by atoms with van der Waals surface area (Å²) in [5, 5.41) is 3.86. The number of nitrogens with zero attached hydrogens (tertiary/aromatic N) is 1. The monoisotopic (exact) mass is 368 g/mol. The maximum Gasteiger partial charge on any atom is 0.253 e. The van der Waals surface area contributed by atoms with Crippen LogP contribution in [0.4, 0.5) is 5.82 Å². The molecule has 7 heteroatoms. The summed E-state index contributed by atoms with van der Waals surface area (Å²) in [5.41, 5.74) is 6.51. The Hall–Kier alpha value is -1.31. The van der Waals surface area contributed by atoms with Gasteiger partial charge in [-0.05, 0) is 17.7 Å². The minimum Gasteiger partial charge on any atom is -0.383 e. The topological polar surface area (TPSA) is 83.8 Å². The summed E-state index contributed by atoms with van der Waals surface area (Å²) in [6.45, 7) is 5.02. The molecule has 0 aliphatic rings. The summed E-state index contributed by atoms with van der Waals surface area (Å²) in [7, 11) is 0. The highest BCUT2D eigenvalue weighted by Crippen LogP contribution is 2.28. The first kappa shape index (κ1) is 16.1. The van der Waals surface area contributed by atoms with Crippen LogP contribution >= 0.6 is 27.7 Å². The number of hydrogen-bond acceptors (Lipinski definition) is 5. The first-order chi connectivity index (χ1) is 9.94. The third-order valence-electron chi connectivity index (χ3n) is 2.68. The molecule has 21 heavy (non-hydrogen) atoms. The molecule has 0 bridgehead atoms. The van der Waals surface area contributed by atoms with Gasteiger partial charge in [0.25, 0.3) is 5.56 Å². The number of aromatic amines is 1. The van der Waals surface area contributed by atoms with Crippen molar-refractivity contribution in [3.63, 3.8) is 0 Å². The van der Waals surface area contributed by atoms with E-state index in [9.17, 15) is 4.79 Å². The molecule has 0 aliphatic heterocycles. The number of nitrogens with two attached hydrogens (primary N) is 1. The standard InChI is InChI=1S/C14H17BrN4OS/c1-8(2)17-7-9-3-4-10(5-11(9)15)21-14-18-12(16)6-13(20)19-14/h3-6,8,17H,7H2,1-2H3,(H3,16,18,19,20). The van der Waals surface area contributed by atoms with Crippen LogP contribution in [0.15, 0.2) is 43.6 Å². The summed E-state index contributed by atoms with van der Waals surface area (Å²) in [5.74, 6) is 0.220. The second-order valence-electron chi connectivity index (χ2n) is 4.87. The van der Waals surface area contributed by atoms with E-state index >= 15 is 0 Å². The van der Waals surface area contributed by atoms with E-state index in [1.807, 2.05) is 18.2 Å². The highest BCUT2D eigenvalue weighted by atomic mass is 79.9. The van der Waals surface area contributed by atoms with Crippen molar-refractivity contribution in [3.05, 3.63) is 44.7 Å². The molecule has 0 saturated carbocycles. The van der Waals surface area contributed by atoms with Gasteiger partial charge < -0.3 is 16.0 Å². The molecule has 2 rings (SSSR count). The zero-order valence-electron chi connectivity index (χ0n) is 11.8. The Kier molecular flexibility index (Phi) is 5.44. The number of hydrogen-bond donors (Lipinski definition) is 3. The molecule has 1 aromatic carbocycles. The molecule has 0 saturated heterocycles. The Balaban J connectivity index is 2.14. The summed E-state index contributed by atoms with van der Waals surface area (Å²) in [6.07, 6.45) is 0. The van der Waals surface area contributed by atoms with E-state index in [0.29, 0.717) is 11.2 Å². The Bertz CT molecular complexity index is 687. The molecule has 1 aromatic heterocycles. The lowest BCUT2D eigenvalue weighted by Gasteiger charge is -2.10. The van der Waals surface area contributed by atoms with Gasteiger partial charge >= 0.3 is 0 Å². The van der Waals surface area contributed by atoms with Crippen molar-refractivity contribution in [1.82, 2.24) is 15.3 Å². The van der Waals surface area contributed by atoms with Crippen molar-refractivity contribution < 1.29 is 0 Å². The van der Waals surface area contributed by atoms with E-state index in [1.165, 1.54) is 23.4 Å². The lowest BCUT2D eigenvalue weighted by atomic mass is 10.2. The molecule has 0 radical (unpaired) electrons. The van der Waals surface area contributed by atoms with Crippen molar-refractivity contribution in [2.75, 3.05) is 5.73 Å². The summed E-state index contributed by atoms with van der Waals surface area (Å²) in [4.78, 5) is 19.1. The number of aromatic nitrogens is 2. The molecule has 4 N–H and O–H groups in total. The molecule has 0 spiro atoms. The third kappa shape index (κ3) is 4.87. The van der Waals surface area contributed by atoms with Crippen molar-refractivity contribution >= 4 is 33.5 Å². The average Bonchev–Trinajstić information content (AvgIpc) is 2.36. The number of H-pyrrole nitrogens is 1. The van der Waals surface area contributed by atoms with Gasteiger partial charge in [0, 0.05) is 28.0 Å². The van der Waals surface area contributed by atoms with Gasteiger partial charge in [-0.2, -0.15) is 0 Å². The van der Waals surface area contributed by atoms with Crippen molar-refractivity contribution in [2.45, 2.75) is 36.5 Å². The zero-order valence-corrected chi connectivity index (χ0v) is 14.2. The summed E-state index contributed by atoms with van der Waals surface area (Å²) in [6, 6.07) is 7.75. The predicted molar refractivity (Wildman–Crippen MR) is 89.5 cm³/mol. The highest BCUT2D eigenvalue weighted by molar-refractivity contribution is 9.10. The number of nitrogens with one attached hydrogen (secondary N) is 2. The quantitative estimate of drug-likeness (QED) is 0.706. The second-order valence-corrected chi connectivity index (χ2v) is 6.78. The molecular formula is C14H17BrN4OS. The fourth-order valence-corrected chi connectivity index (χ4v) is 3.17. The molecule has 0 unspecified atom stereocenters. The Labute approximate surface area is 135 Å². The Morgan fingerprint density at radius 1 is 1.43 bits per heavy atom. The van der Waals surface area contributed by atoms with Crippen molar-refractivity contribution in [3.8, 4) is 0 Å². The van der Waals surface area contributed by atoms with Crippen LogP contribution in [0.25, 0.3) is 0 Å². The minimum atomic E-state index is -0.248. The van der Waals surface area contributed by atoms with Gasteiger partial charge in [0.15, 0.2) is 5.16 Å². The summed E-state index contributed by atoms with van der Waals surface area (Å²) < 4.78 is 1.02. The summed E-state index contributed by atoms with van der Waals surface area (Å²) >= 11 is 4.94. The van der Waals surface area contributed by atoms with Gasteiger partial charge in [0.05, 0.1) is 0 Å². The predicted octanol–water partition coefficient (Wildman–Crippen LogP) is 2.76. The van der Waals surface area contributed by atoms with Gasteiger partial charge in [-0.3, -0.25) is 4.79 Å². The van der Waals surface area contributed by atoms with Crippen LogP contribution in [-0.2, 0) is 6.54 Å². The van der Waals surface area contributed by atoms with E-state index in [2.05, 4.69) is 45.1 Å². The molecule has 1 heterocycles. The Morgan fingerprint density at radius 2 is 2.19 bits per heavy atom. The Morgan fingerprint density at radius 3 is 2.81 bits per heavy atom. The van der Waals surface area contributed by atoms with E-state index in [0.717, 1.165) is 15.9 Å². The van der Waals surface area contributed by atoms with Crippen LogP contribution in [-0.4, -0.2) is 16.0 Å². The van der Waals surface area contributed by atoms with Gasteiger partial charge in [0.2, 0.25) is 0 Å². The van der Waals surface area contributed by atoms with Gasteiger partial charge in [-0.1, -0.05) is 47.6 Å². The van der Waals surface area contributed by atoms with Crippen LogP contribution in [0.1, 0.15) is 19.4 Å². The molecular weight excluding hydrogens is 352 g/mol. The number of benzene rings is 1. The molecule has 0 fully saturated rings. The smallest absolute Gasteiger partial charge is 0.253 e. The van der Waals surface area contributed by atoms with Gasteiger partial charge in [-0.15, -0.1) is 0 Å². The fourth-order valence-electron chi connectivity index (χ4n) is 1.66. The lowest BCUT2D eigenvalue weighted by Crippen LogP contribution is -2.21. The lowest BCUT2D eigenvalue weighted by molar-refractivity contribution is 0.587. The average molecular weight is 369 g/mol. The number of rotatable bonds is 5. The van der Waals surface area contributed by atoms with E-state index in [-0.39, 0.29) is 11.4 Å². The van der Waals surface area contributed by atoms with Crippen LogP contribution in [0.3, 0.4) is 0 Å². The molecule has 0 atom stereocenters. The number of halogens is 1. The van der Waals surface area contributed by atoms with Crippen molar-refractivity contribution in [1.29, 1.82) is 0 Å².